The molecule has 5 heteroatoms. The summed E-state index contributed by atoms with van der Waals surface area (Å²) in [5, 5.41) is 1.94. The smallest absolute Gasteiger partial charge is 0.0352 e. The average Bonchev–Trinajstić information content (AvgIpc) is 2.03. The molecule has 1 fully saturated rings. The van der Waals surface area contributed by atoms with Crippen molar-refractivity contribution in [2.45, 2.75) is 45.2 Å². The molecule has 3 atom stereocenters. The lowest BCUT2D eigenvalue weighted by atomic mass is 10.00. The summed E-state index contributed by atoms with van der Waals surface area (Å²) in [4.78, 5) is 0. The highest BCUT2D eigenvalue weighted by Gasteiger charge is 2.28. The molecule has 13 heavy (non-hydrogen) atoms. The number of hydrazine groups is 1. The fourth-order valence-corrected chi connectivity index (χ4v) is 2.52. The molecule has 4 nitrogen and oxygen atoms in total. The standard InChI is InChI=1S/C8H18N2O2S/c1-7-5-4-6-8(2)10(7)9(3)13(11)12/h7-8H,4-6H2,1-3H3,(H,11,12)/p-1. The fraction of sp³-hybridized carbons (Fsp3) is 1.00. The minimum atomic E-state index is -2.14. The molecule has 0 aromatic carbocycles. The van der Waals surface area contributed by atoms with Crippen LogP contribution < -0.4 is 0 Å². The highest BCUT2D eigenvalue weighted by molar-refractivity contribution is 7.76. The van der Waals surface area contributed by atoms with E-state index in [0.29, 0.717) is 12.1 Å². The van der Waals surface area contributed by atoms with E-state index in [4.69, 9.17) is 0 Å². The Labute approximate surface area is 82.3 Å². The highest BCUT2D eigenvalue weighted by Crippen LogP contribution is 2.23. The molecular weight excluding hydrogens is 188 g/mol. The van der Waals surface area contributed by atoms with Crippen LogP contribution in [0.15, 0.2) is 0 Å². The first kappa shape index (κ1) is 11.1. The molecule has 1 rings (SSSR count). The van der Waals surface area contributed by atoms with Gasteiger partial charge in [0.1, 0.15) is 0 Å². The van der Waals surface area contributed by atoms with Gasteiger partial charge in [0.2, 0.25) is 0 Å². The zero-order chi connectivity index (χ0) is 10.0. The van der Waals surface area contributed by atoms with Crippen molar-refractivity contribution in [3.8, 4) is 0 Å². The van der Waals surface area contributed by atoms with Crippen LogP contribution in [0.5, 0.6) is 0 Å². The normalized spacial score (nSPS) is 33.6. The summed E-state index contributed by atoms with van der Waals surface area (Å²) in [6, 6.07) is 0.651. The van der Waals surface area contributed by atoms with Crippen LogP contribution in [0.25, 0.3) is 0 Å². The Morgan fingerprint density at radius 1 is 1.38 bits per heavy atom. The summed E-state index contributed by atoms with van der Waals surface area (Å²) < 4.78 is 22.9. The molecule has 0 amide bonds. The van der Waals surface area contributed by atoms with E-state index in [-0.39, 0.29) is 0 Å². The fourth-order valence-electron chi connectivity index (χ4n) is 2.04. The number of nitrogens with zero attached hydrogens (tertiary/aromatic N) is 2. The Morgan fingerprint density at radius 3 is 2.23 bits per heavy atom. The van der Waals surface area contributed by atoms with Crippen molar-refractivity contribution in [2.24, 2.45) is 0 Å². The van der Waals surface area contributed by atoms with Gasteiger partial charge in [-0.25, -0.2) is 5.01 Å². The van der Waals surface area contributed by atoms with E-state index in [0.717, 1.165) is 12.8 Å². The largest absolute Gasteiger partial charge is 0.759 e. The molecule has 3 unspecified atom stereocenters. The summed E-state index contributed by atoms with van der Waals surface area (Å²) in [6.07, 6.45) is 3.34. The molecule has 0 saturated carbocycles. The quantitative estimate of drug-likeness (QED) is 0.629. The molecule has 0 aliphatic carbocycles. The number of hydrogen-bond donors (Lipinski definition) is 0. The molecule has 0 bridgehead atoms. The Bertz CT molecular complexity index is 191. The third-order valence-electron chi connectivity index (χ3n) is 2.69. The topological polar surface area (TPSA) is 46.6 Å². The van der Waals surface area contributed by atoms with Gasteiger partial charge in [-0.2, -0.15) is 4.41 Å². The van der Waals surface area contributed by atoms with Crippen LogP contribution in [0.1, 0.15) is 33.1 Å². The molecule has 0 spiro atoms. The predicted octanol–water partition coefficient (Wildman–Crippen LogP) is 0.890. The molecule has 1 aliphatic rings. The van der Waals surface area contributed by atoms with Gasteiger partial charge >= 0.3 is 0 Å². The van der Waals surface area contributed by atoms with Crippen LogP contribution in [-0.4, -0.2) is 37.3 Å². The SMILES string of the molecule is CC1CCCC(C)N1N(C)S(=O)[O-]. The predicted molar refractivity (Wildman–Crippen MR) is 51.3 cm³/mol. The van der Waals surface area contributed by atoms with Crippen molar-refractivity contribution in [2.75, 3.05) is 7.05 Å². The molecule has 0 radical (unpaired) electrons. The van der Waals surface area contributed by atoms with E-state index in [1.165, 1.54) is 10.8 Å². The van der Waals surface area contributed by atoms with Gasteiger partial charge in [-0.3, -0.25) is 4.21 Å². The third-order valence-corrected chi connectivity index (χ3v) is 3.31. The van der Waals surface area contributed by atoms with Crippen molar-refractivity contribution < 1.29 is 8.76 Å². The zero-order valence-electron chi connectivity index (χ0n) is 8.40. The van der Waals surface area contributed by atoms with Crippen LogP contribution in [0, 0.1) is 0 Å². The van der Waals surface area contributed by atoms with E-state index >= 15 is 0 Å². The number of hydrogen-bond acceptors (Lipinski definition) is 3. The summed E-state index contributed by atoms with van der Waals surface area (Å²) in [5.41, 5.74) is 0. The molecule has 1 saturated heterocycles. The maximum absolute atomic E-state index is 10.8. The lowest BCUT2D eigenvalue weighted by Crippen LogP contribution is -2.53. The van der Waals surface area contributed by atoms with Gasteiger partial charge in [0.15, 0.2) is 0 Å². The minimum absolute atomic E-state index is 0.326. The van der Waals surface area contributed by atoms with Crippen LogP contribution in [0.2, 0.25) is 0 Å². The summed E-state index contributed by atoms with van der Waals surface area (Å²) in [7, 11) is 1.60. The van der Waals surface area contributed by atoms with Crippen LogP contribution in [0.3, 0.4) is 0 Å². The number of rotatable bonds is 2. The average molecular weight is 205 g/mol. The van der Waals surface area contributed by atoms with Gasteiger partial charge in [-0.15, -0.1) is 0 Å². The van der Waals surface area contributed by atoms with Gasteiger partial charge in [-0.1, -0.05) is 6.42 Å². The van der Waals surface area contributed by atoms with E-state index < -0.39 is 11.3 Å². The lowest BCUT2D eigenvalue weighted by Gasteiger charge is -2.44. The highest BCUT2D eigenvalue weighted by atomic mass is 32.2. The Balaban J connectivity index is 2.67. The number of piperidine rings is 1. The van der Waals surface area contributed by atoms with Crippen LogP contribution in [0.4, 0.5) is 0 Å². The Hall–Kier alpha value is 0.0300. The van der Waals surface area contributed by atoms with E-state index in [2.05, 4.69) is 13.8 Å². The maximum atomic E-state index is 10.8. The first-order chi connectivity index (χ1) is 6.04. The molecule has 0 aromatic rings. The molecular formula is C8H17N2O2S-. The summed E-state index contributed by atoms with van der Waals surface area (Å²) in [6.45, 7) is 4.14. The van der Waals surface area contributed by atoms with Gasteiger partial charge in [0.25, 0.3) is 0 Å². The zero-order valence-corrected chi connectivity index (χ0v) is 9.21. The van der Waals surface area contributed by atoms with E-state index in [9.17, 15) is 8.76 Å². The van der Waals surface area contributed by atoms with E-state index in [1.807, 2.05) is 5.01 Å². The van der Waals surface area contributed by atoms with E-state index in [1.54, 1.807) is 7.05 Å². The Morgan fingerprint density at radius 2 is 1.85 bits per heavy atom. The second-order valence-electron chi connectivity index (χ2n) is 3.69. The second kappa shape index (κ2) is 4.50. The van der Waals surface area contributed by atoms with Gasteiger partial charge in [-0.05, 0) is 26.7 Å². The summed E-state index contributed by atoms with van der Waals surface area (Å²) in [5.74, 6) is 0. The Kier molecular flexibility index (Phi) is 3.85. The minimum Gasteiger partial charge on any atom is -0.759 e. The van der Waals surface area contributed by atoms with Gasteiger partial charge in [0.05, 0.1) is 0 Å². The van der Waals surface area contributed by atoms with Crippen molar-refractivity contribution in [3.05, 3.63) is 0 Å². The monoisotopic (exact) mass is 205 g/mol. The molecule has 0 aromatic heterocycles. The van der Waals surface area contributed by atoms with Crippen LogP contribution >= 0.6 is 0 Å². The van der Waals surface area contributed by atoms with Crippen LogP contribution in [-0.2, 0) is 11.3 Å². The van der Waals surface area contributed by atoms with Crippen molar-refractivity contribution in [1.82, 2.24) is 9.42 Å². The first-order valence-electron chi connectivity index (χ1n) is 4.65. The lowest BCUT2D eigenvalue weighted by molar-refractivity contribution is -0.0284. The maximum Gasteiger partial charge on any atom is 0.0352 e. The molecule has 1 aliphatic heterocycles. The molecule has 0 N–H and O–H groups in total. The molecule has 1 heterocycles. The first-order valence-corrected chi connectivity index (χ1v) is 5.68. The van der Waals surface area contributed by atoms with Crippen molar-refractivity contribution in [1.29, 1.82) is 0 Å². The van der Waals surface area contributed by atoms with Gasteiger partial charge < -0.3 is 4.55 Å². The third kappa shape index (κ3) is 2.49. The van der Waals surface area contributed by atoms with Gasteiger partial charge in [0, 0.05) is 30.4 Å². The van der Waals surface area contributed by atoms with Crippen molar-refractivity contribution >= 4 is 11.3 Å². The summed E-state index contributed by atoms with van der Waals surface area (Å²) >= 11 is -2.14. The second-order valence-corrected chi connectivity index (χ2v) is 4.65. The molecule has 78 valence electrons. The van der Waals surface area contributed by atoms with Crippen molar-refractivity contribution in [3.63, 3.8) is 0 Å².